The van der Waals surface area contributed by atoms with Crippen molar-refractivity contribution in [2.24, 2.45) is 0 Å². The topological polar surface area (TPSA) is 80.3 Å². The van der Waals surface area contributed by atoms with Crippen LogP contribution in [0.4, 0.5) is 0 Å². The van der Waals surface area contributed by atoms with E-state index in [0.29, 0.717) is 0 Å². The molecule has 64 valence electrons. The van der Waals surface area contributed by atoms with Crippen LogP contribution in [0.2, 0.25) is 0 Å². The Labute approximate surface area is 79.7 Å². The predicted octanol–water partition coefficient (Wildman–Crippen LogP) is -2.49. The largest absolute Gasteiger partial charge is 2.00 e. The first-order chi connectivity index (χ1) is 3.46. The van der Waals surface area contributed by atoms with Crippen LogP contribution in [0.1, 0.15) is 13.8 Å². The summed E-state index contributed by atoms with van der Waals surface area (Å²) in [6.07, 6.45) is 0. The zero-order valence-corrected chi connectivity index (χ0v) is 7.25. The monoisotopic (exact) mass is 240 g/mol. The summed E-state index contributed by atoms with van der Waals surface area (Å²) >= 11 is 0. The summed E-state index contributed by atoms with van der Waals surface area (Å²) in [5, 5.41) is 17.8. The number of hydrogen-bond acceptors (Lipinski definition) is 4. The molecule has 0 aromatic rings. The molecule has 0 spiro atoms. The van der Waals surface area contributed by atoms with Crippen LogP contribution in [-0.2, 0) is 43.4 Å². The van der Waals surface area contributed by atoms with Gasteiger partial charge in [0.15, 0.2) is 0 Å². The first-order valence-corrected chi connectivity index (χ1v) is 1.82. The maximum Gasteiger partial charge on any atom is 2.00 e. The van der Waals surface area contributed by atoms with Gasteiger partial charge in [-0.25, -0.2) is 0 Å². The van der Waals surface area contributed by atoms with Crippen molar-refractivity contribution in [3.63, 3.8) is 0 Å². The van der Waals surface area contributed by atoms with Gasteiger partial charge in [-0.1, -0.05) is 0 Å². The Balaban J connectivity index is -0.0000000300. The number of carbonyl (C=O) groups is 2. The second-order valence-corrected chi connectivity index (χ2v) is 0.983. The van der Waals surface area contributed by atoms with Crippen molar-refractivity contribution < 1.29 is 53.6 Å². The molecule has 0 unspecified atom stereocenters. The summed E-state index contributed by atoms with van der Waals surface area (Å²) in [4.78, 5) is 17.8. The Hall–Kier alpha value is -0.0340. The Bertz CT molecular complexity index is 75.3. The van der Waals surface area contributed by atoms with Gasteiger partial charge in [0.2, 0.25) is 0 Å². The second kappa shape index (κ2) is 16.0. The predicted molar refractivity (Wildman–Crippen MR) is 21.4 cm³/mol. The fourth-order valence-electron chi connectivity index (χ4n) is 0. The summed E-state index contributed by atoms with van der Waals surface area (Å²) in [5.74, 6) is -2.17. The van der Waals surface area contributed by atoms with Gasteiger partial charge < -0.3 is 19.8 Å². The first kappa shape index (κ1) is 22.5. The van der Waals surface area contributed by atoms with Crippen molar-refractivity contribution in [3.8, 4) is 0 Å². The van der Waals surface area contributed by atoms with E-state index in [4.69, 9.17) is 19.8 Å². The van der Waals surface area contributed by atoms with Gasteiger partial charge in [0.05, 0.1) is 0 Å². The minimum atomic E-state index is -1.08. The molecule has 0 aromatic carbocycles. The van der Waals surface area contributed by atoms with E-state index >= 15 is 0 Å². The minimum absolute atomic E-state index is 0. The summed E-state index contributed by atoms with van der Waals surface area (Å²) in [6.45, 7) is 1.94. The Morgan fingerprint density at radius 3 is 1.00 bits per heavy atom. The van der Waals surface area contributed by atoms with Crippen LogP contribution in [-0.4, -0.2) is 11.9 Å². The number of carboxylic acids is 2. The molecule has 0 bridgehead atoms. The Morgan fingerprint density at radius 1 is 1.00 bits per heavy atom. The normalized spacial score (nSPS) is 5.00. The van der Waals surface area contributed by atoms with Crippen LogP contribution in [0.3, 0.4) is 0 Å². The second-order valence-electron chi connectivity index (χ2n) is 0.983. The maximum atomic E-state index is 8.89. The molecule has 0 aliphatic carbocycles. The molecule has 0 N–H and O–H groups in total. The summed E-state index contributed by atoms with van der Waals surface area (Å²) in [7, 11) is 0. The van der Waals surface area contributed by atoms with Gasteiger partial charge in [0.25, 0.3) is 0 Å². The van der Waals surface area contributed by atoms with Gasteiger partial charge in [-0.05, 0) is 13.8 Å². The molecule has 0 saturated carbocycles. The van der Waals surface area contributed by atoms with E-state index in [1.165, 1.54) is 0 Å². The maximum absolute atomic E-state index is 8.89. The smallest absolute Gasteiger partial charge is 0.550 e. The van der Waals surface area contributed by atoms with Crippen molar-refractivity contribution in [2.45, 2.75) is 13.8 Å². The molecule has 0 amide bonds. The molecule has 0 aliphatic heterocycles. The van der Waals surface area contributed by atoms with E-state index in [9.17, 15) is 0 Å². The van der Waals surface area contributed by atoms with Crippen LogP contribution in [0.5, 0.6) is 0 Å². The number of carbonyl (C=O) groups excluding carboxylic acids is 2. The molecule has 0 aliphatic rings. The fourth-order valence-corrected chi connectivity index (χ4v) is 0. The zero-order chi connectivity index (χ0) is 7.15. The summed E-state index contributed by atoms with van der Waals surface area (Å²) < 4.78 is 0. The molecule has 0 atom stereocenters. The van der Waals surface area contributed by atoms with Crippen LogP contribution >= 0.6 is 0 Å². The van der Waals surface area contributed by atoms with Gasteiger partial charge >= 0.3 is 33.8 Å². The van der Waals surface area contributed by atoms with E-state index in [1.807, 2.05) is 0 Å². The van der Waals surface area contributed by atoms with E-state index < -0.39 is 11.9 Å². The van der Waals surface area contributed by atoms with Crippen molar-refractivity contribution in [1.82, 2.24) is 0 Å². The molecule has 10 heavy (non-hydrogen) atoms. The molecule has 0 aromatic heterocycles. The number of rotatable bonds is 0. The number of hydrogen-bond donors (Lipinski definition) is 0. The molecular weight excluding hydrogens is 235 g/mol. The molecule has 0 fully saturated rings. The van der Waals surface area contributed by atoms with Crippen LogP contribution in [0.15, 0.2) is 0 Å². The first-order valence-electron chi connectivity index (χ1n) is 1.82. The zero-order valence-electron chi connectivity index (χ0n) is 5.27. The van der Waals surface area contributed by atoms with E-state index in [0.717, 1.165) is 13.8 Å². The van der Waals surface area contributed by atoms with Crippen LogP contribution in [0, 0.1) is 0 Å². The SMILES string of the molecule is CC(=O)[O-].CC(=O)[O-].[Co+2].[Cu+2]. The van der Waals surface area contributed by atoms with E-state index in [-0.39, 0.29) is 33.8 Å². The average molecular weight is 241 g/mol. The molecule has 0 rings (SSSR count). The van der Waals surface area contributed by atoms with Gasteiger partial charge in [-0.2, -0.15) is 0 Å². The Morgan fingerprint density at radius 2 is 1.00 bits per heavy atom. The van der Waals surface area contributed by atoms with E-state index in [1.54, 1.807) is 0 Å². The molecule has 0 heterocycles. The average Bonchev–Trinajstić information content (AvgIpc) is 1.25. The third kappa shape index (κ3) is 334000. The molecule has 0 saturated heterocycles. The third-order valence-electron chi connectivity index (χ3n) is 0. The molecule has 2 radical (unpaired) electrons. The molecule has 4 nitrogen and oxygen atoms in total. The molecule has 6 heteroatoms. The van der Waals surface area contributed by atoms with Crippen LogP contribution < -0.4 is 10.2 Å². The minimum Gasteiger partial charge on any atom is -0.550 e. The van der Waals surface area contributed by atoms with E-state index in [2.05, 4.69) is 0 Å². The van der Waals surface area contributed by atoms with Crippen LogP contribution in [0.25, 0.3) is 0 Å². The number of aliphatic carboxylic acids is 2. The van der Waals surface area contributed by atoms with Crippen molar-refractivity contribution >= 4 is 11.9 Å². The van der Waals surface area contributed by atoms with Crippen molar-refractivity contribution in [3.05, 3.63) is 0 Å². The van der Waals surface area contributed by atoms with Gasteiger partial charge in [-0.3, -0.25) is 0 Å². The molecular formula is C4H6CoCuO4+2. The third-order valence-corrected chi connectivity index (χ3v) is 0. The van der Waals surface area contributed by atoms with Crippen molar-refractivity contribution in [1.29, 1.82) is 0 Å². The fraction of sp³-hybridized carbons (Fsp3) is 0.500. The standard InChI is InChI=1S/2C2H4O2.Co.Cu/c2*1-2(3)4;;/h2*1H3,(H,3,4);;/q;;2*+2/p-2. The summed E-state index contributed by atoms with van der Waals surface area (Å²) in [6, 6.07) is 0. The van der Waals surface area contributed by atoms with Crippen molar-refractivity contribution in [2.75, 3.05) is 0 Å². The quantitative estimate of drug-likeness (QED) is 0.439. The van der Waals surface area contributed by atoms with Gasteiger partial charge in [-0.15, -0.1) is 0 Å². The van der Waals surface area contributed by atoms with Gasteiger partial charge in [0, 0.05) is 11.9 Å². The van der Waals surface area contributed by atoms with Gasteiger partial charge in [0.1, 0.15) is 0 Å². The number of carboxylic acid groups (broad SMARTS) is 2. The summed E-state index contributed by atoms with van der Waals surface area (Å²) in [5.41, 5.74) is 0. The Kier molecular flexibility index (Phi) is 36.0.